The van der Waals surface area contributed by atoms with Gasteiger partial charge < -0.3 is 14.9 Å². The summed E-state index contributed by atoms with van der Waals surface area (Å²) in [6.45, 7) is 0.491. The number of nitrogens with zero attached hydrogens (tertiary/aromatic N) is 2. The van der Waals surface area contributed by atoms with E-state index < -0.39 is 11.9 Å². The molecule has 1 amide bonds. The summed E-state index contributed by atoms with van der Waals surface area (Å²) in [5, 5.41) is 8.57. The molecule has 1 N–H and O–H groups in total. The van der Waals surface area contributed by atoms with Gasteiger partial charge in [-0.3, -0.25) is 4.79 Å². The molecule has 0 bridgehead atoms. The quantitative estimate of drug-likeness (QED) is 0.672. The minimum absolute atomic E-state index is 0.0140. The molecule has 0 saturated heterocycles. The summed E-state index contributed by atoms with van der Waals surface area (Å²) >= 11 is 0. The Balaban J connectivity index is 2.60. The number of carboxylic acids is 1. The molecule has 1 rings (SSSR count). The van der Waals surface area contributed by atoms with E-state index in [4.69, 9.17) is 5.11 Å². The van der Waals surface area contributed by atoms with E-state index in [2.05, 4.69) is 4.90 Å². The summed E-state index contributed by atoms with van der Waals surface area (Å²) in [6.07, 6.45) is 3.20. The third kappa shape index (κ3) is 2.28. The van der Waals surface area contributed by atoms with Crippen LogP contribution in [0.4, 0.5) is 0 Å². The number of hydrogen-bond donors (Lipinski definition) is 1. The predicted octanol–water partition coefficient (Wildman–Crippen LogP) is 0.0137. The maximum atomic E-state index is 11.2. The first-order chi connectivity index (χ1) is 6.89. The van der Waals surface area contributed by atoms with Crippen molar-refractivity contribution < 1.29 is 14.7 Å². The lowest BCUT2D eigenvalue weighted by atomic mass is 9.75. The average Bonchev–Trinajstić information content (AvgIpc) is 2.08. The molecule has 0 heterocycles. The van der Waals surface area contributed by atoms with E-state index >= 15 is 0 Å². The Morgan fingerprint density at radius 3 is 2.07 bits per heavy atom. The molecule has 1 fully saturated rings. The molecule has 0 aliphatic heterocycles. The molecule has 5 heteroatoms. The van der Waals surface area contributed by atoms with Gasteiger partial charge in [-0.2, -0.15) is 0 Å². The SMILES string of the molecule is CN(CC1(N(C)C)CCC1)C(=O)C(=O)O. The zero-order valence-electron chi connectivity index (χ0n) is 9.49. The number of carboxylic acid groups (broad SMARTS) is 1. The van der Waals surface area contributed by atoms with Crippen molar-refractivity contribution in [3.8, 4) is 0 Å². The molecular weight excluding hydrogens is 196 g/mol. The van der Waals surface area contributed by atoms with Gasteiger partial charge in [-0.1, -0.05) is 0 Å². The Kier molecular flexibility index (Phi) is 3.34. The molecule has 1 aliphatic rings. The van der Waals surface area contributed by atoms with Gasteiger partial charge in [0.05, 0.1) is 0 Å². The summed E-state index contributed by atoms with van der Waals surface area (Å²) < 4.78 is 0. The lowest BCUT2D eigenvalue weighted by Gasteiger charge is -2.49. The van der Waals surface area contributed by atoms with Crippen LogP contribution in [0, 0.1) is 0 Å². The molecule has 86 valence electrons. The second-order valence-corrected chi connectivity index (χ2v) is 4.44. The van der Waals surface area contributed by atoms with Gasteiger partial charge in [0.15, 0.2) is 0 Å². The predicted molar refractivity (Wildman–Crippen MR) is 55.5 cm³/mol. The van der Waals surface area contributed by atoms with Crippen LogP contribution in [0.25, 0.3) is 0 Å². The van der Waals surface area contributed by atoms with Crippen LogP contribution in [0.3, 0.4) is 0 Å². The van der Waals surface area contributed by atoms with Crippen molar-refractivity contribution in [2.24, 2.45) is 0 Å². The Morgan fingerprint density at radius 1 is 1.27 bits per heavy atom. The zero-order chi connectivity index (χ0) is 11.6. The Hall–Kier alpha value is -1.10. The molecule has 0 aromatic carbocycles. The Bertz CT molecular complexity index is 272. The lowest BCUT2D eigenvalue weighted by Crippen LogP contribution is -2.58. The van der Waals surface area contributed by atoms with Crippen molar-refractivity contribution in [2.45, 2.75) is 24.8 Å². The zero-order valence-corrected chi connectivity index (χ0v) is 9.49. The van der Waals surface area contributed by atoms with Crippen LogP contribution < -0.4 is 0 Å². The van der Waals surface area contributed by atoms with Gasteiger partial charge in [0, 0.05) is 19.1 Å². The fourth-order valence-corrected chi connectivity index (χ4v) is 2.01. The van der Waals surface area contributed by atoms with E-state index in [9.17, 15) is 9.59 Å². The minimum atomic E-state index is -1.38. The van der Waals surface area contributed by atoms with Crippen LogP contribution in [0.1, 0.15) is 19.3 Å². The Morgan fingerprint density at radius 2 is 1.80 bits per heavy atom. The molecule has 15 heavy (non-hydrogen) atoms. The number of hydrogen-bond acceptors (Lipinski definition) is 3. The van der Waals surface area contributed by atoms with E-state index in [1.807, 2.05) is 14.1 Å². The number of likely N-dealkylation sites (N-methyl/N-ethyl adjacent to an activating group) is 2. The molecule has 0 atom stereocenters. The molecule has 0 spiro atoms. The first-order valence-corrected chi connectivity index (χ1v) is 5.05. The van der Waals surface area contributed by atoms with Crippen LogP contribution in [-0.4, -0.2) is 60.0 Å². The van der Waals surface area contributed by atoms with Gasteiger partial charge in [-0.25, -0.2) is 4.79 Å². The average molecular weight is 214 g/mol. The van der Waals surface area contributed by atoms with Crippen molar-refractivity contribution in [3.05, 3.63) is 0 Å². The fourth-order valence-electron chi connectivity index (χ4n) is 2.01. The van der Waals surface area contributed by atoms with Crippen molar-refractivity contribution in [3.63, 3.8) is 0 Å². The van der Waals surface area contributed by atoms with Gasteiger partial charge in [0.25, 0.3) is 0 Å². The normalized spacial score (nSPS) is 18.4. The van der Waals surface area contributed by atoms with Crippen LogP contribution in [0.5, 0.6) is 0 Å². The van der Waals surface area contributed by atoms with E-state index in [0.29, 0.717) is 6.54 Å². The summed E-state index contributed by atoms with van der Waals surface area (Å²) in [7, 11) is 5.48. The molecule has 0 aromatic heterocycles. The first kappa shape index (κ1) is 12.0. The highest BCUT2D eigenvalue weighted by Crippen LogP contribution is 2.36. The maximum absolute atomic E-state index is 11.2. The topological polar surface area (TPSA) is 60.9 Å². The van der Waals surface area contributed by atoms with Crippen LogP contribution >= 0.6 is 0 Å². The largest absolute Gasteiger partial charge is 0.474 e. The molecule has 5 nitrogen and oxygen atoms in total. The monoisotopic (exact) mass is 214 g/mol. The maximum Gasteiger partial charge on any atom is 0.394 e. The standard InChI is InChI=1S/C10H18N2O3/c1-11(2)10(5-4-6-10)7-12(3)8(13)9(14)15/h4-7H2,1-3H3,(H,14,15). The van der Waals surface area contributed by atoms with Gasteiger partial charge in [-0.15, -0.1) is 0 Å². The van der Waals surface area contributed by atoms with Crippen molar-refractivity contribution in [1.82, 2.24) is 9.80 Å². The van der Waals surface area contributed by atoms with Crippen LogP contribution in [-0.2, 0) is 9.59 Å². The third-order valence-electron chi connectivity index (χ3n) is 3.29. The van der Waals surface area contributed by atoms with Crippen molar-refractivity contribution in [1.29, 1.82) is 0 Å². The summed E-state index contributed by atoms with van der Waals surface area (Å²) in [5.74, 6) is -2.21. The summed E-state index contributed by atoms with van der Waals surface area (Å²) in [4.78, 5) is 25.1. The van der Waals surface area contributed by atoms with Crippen molar-refractivity contribution >= 4 is 11.9 Å². The van der Waals surface area contributed by atoms with E-state index in [-0.39, 0.29) is 5.54 Å². The minimum Gasteiger partial charge on any atom is -0.474 e. The highest BCUT2D eigenvalue weighted by Gasteiger charge is 2.41. The number of rotatable bonds is 3. The highest BCUT2D eigenvalue weighted by atomic mass is 16.4. The van der Waals surface area contributed by atoms with Gasteiger partial charge in [-0.05, 0) is 33.4 Å². The van der Waals surface area contributed by atoms with E-state index in [0.717, 1.165) is 19.3 Å². The van der Waals surface area contributed by atoms with E-state index in [1.54, 1.807) is 7.05 Å². The number of aliphatic carboxylic acids is 1. The summed E-state index contributed by atoms with van der Waals surface area (Å²) in [6, 6.07) is 0. The van der Waals surface area contributed by atoms with Gasteiger partial charge in [0.1, 0.15) is 0 Å². The smallest absolute Gasteiger partial charge is 0.394 e. The Labute approximate surface area is 89.7 Å². The van der Waals surface area contributed by atoms with Gasteiger partial charge in [0.2, 0.25) is 0 Å². The molecular formula is C10H18N2O3. The second kappa shape index (κ2) is 4.18. The third-order valence-corrected chi connectivity index (χ3v) is 3.29. The molecule has 1 saturated carbocycles. The first-order valence-electron chi connectivity index (χ1n) is 5.05. The van der Waals surface area contributed by atoms with E-state index in [1.165, 1.54) is 4.90 Å². The second-order valence-electron chi connectivity index (χ2n) is 4.44. The molecule has 0 radical (unpaired) electrons. The lowest BCUT2D eigenvalue weighted by molar-refractivity contribution is -0.156. The van der Waals surface area contributed by atoms with Crippen molar-refractivity contribution in [2.75, 3.05) is 27.7 Å². The number of carbonyl (C=O) groups excluding carboxylic acids is 1. The van der Waals surface area contributed by atoms with Crippen LogP contribution in [0.2, 0.25) is 0 Å². The molecule has 1 aliphatic carbocycles. The number of amides is 1. The highest BCUT2D eigenvalue weighted by molar-refractivity contribution is 6.31. The fraction of sp³-hybridized carbons (Fsp3) is 0.800. The van der Waals surface area contributed by atoms with Gasteiger partial charge >= 0.3 is 11.9 Å². The molecule has 0 unspecified atom stereocenters. The summed E-state index contributed by atoms with van der Waals surface area (Å²) in [5.41, 5.74) is -0.0140. The molecule has 0 aromatic rings. The number of carbonyl (C=O) groups is 2. The van der Waals surface area contributed by atoms with Crippen LogP contribution in [0.15, 0.2) is 0 Å².